The summed E-state index contributed by atoms with van der Waals surface area (Å²) in [4.78, 5) is 7.83. The van der Waals surface area contributed by atoms with Crippen molar-refractivity contribution in [3.63, 3.8) is 0 Å². The van der Waals surface area contributed by atoms with E-state index in [-0.39, 0.29) is 0 Å². The van der Waals surface area contributed by atoms with E-state index >= 15 is 0 Å². The first-order valence-corrected chi connectivity index (χ1v) is 7.33. The molecule has 0 radical (unpaired) electrons. The summed E-state index contributed by atoms with van der Waals surface area (Å²) in [6.45, 7) is 0. The molecule has 3 heterocycles. The van der Waals surface area contributed by atoms with Gasteiger partial charge in [0.05, 0.1) is 11.9 Å². The largest absolute Gasteiger partial charge is 0.431 e. The smallest absolute Gasteiger partial charge is 0.284 e. The number of aromatic nitrogens is 3. The number of H-pyrrole nitrogens is 1. The Hall–Kier alpha value is -2.27. The van der Waals surface area contributed by atoms with E-state index < -0.39 is 0 Å². The summed E-state index contributed by atoms with van der Waals surface area (Å²) in [6.07, 6.45) is 4.12. The van der Waals surface area contributed by atoms with Crippen molar-refractivity contribution in [3.8, 4) is 0 Å². The molecule has 1 N–H and O–H groups in total. The van der Waals surface area contributed by atoms with Crippen LogP contribution in [0.1, 0.15) is 5.69 Å². The van der Waals surface area contributed by atoms with Crippen LogP contribution in [0.5, 0.6) is 0 Å². The van der Waals surface area contributed by atoms with Gasteiger partial charge in [-0.05, 0) is 18.2 Å². The van der Waals surface area contributed by atoms with Crippen LogP contribution >= 0.6 is 11.8 Å². The summed E-state index contributed by atoms with van der Waals surface area (Å²) in [5.41, 5.74) is 3.96. The van der Waals surface area contributed by atoms with Crippen molar-refractivity contribution in [2.75, 3.05) is 0 Å². The van der Waals surface area contributed by atoms with E-state index in [0.29, 0.717) is 5.22 Å². The number of hydrogen-bond acceptors (Lipinski definition) is 3. The van der Waals surface area contributed by atoms with Crippen LogP contribution in [-0.2, 0) is 5.75 Å². The highest BCUT2D eigenvalue weighted by molar-refractivity contribution is 7.98. The zero-order chi connectivity index (χ0) is 13.4. The Bertz CT molecular complexity index is 741. The van der Waals surface area contributed by atoms with E-state index in [2.05, 4.69) is 20.6 Å². The number of pyridine rings is 1. The van der Waals surface area contributed by atoms with E-state index in [1.165, 1.54) is 0 Å². The molecule has 0 atom stereocenters. The van der Waals surface area contributed by atoms with Crippen LogP contribution in [-0.4, -0.2) is 9.97 Å². The molecule has 3 aromatic heterocycles. The fourth-order valence-corrected chi connectivity index (χ4v) is 2.90. The lowest BCUT2D eigenvalue weighted by Gasteiger charge is -1.88. The molecule has 1 aromatic carbocycles. The molecule has 4 rings (SSSR count). The minimum atomic E-state index is 0.704. The minimum Gasteiger partial charge on any atom is -0.431 e. The summed E-state index contributed by atoms with van der Waals surface area (Å²) in [5.74, 6) is 0.800. The van der Waals surface area contributed by atoms with Gasteiger partial charge in [-0.15, -0.1) is 0 Å². The molecule has 5 heteroatoms. The molecule has 0 saturated heterocycles. The highest BCUT2D eigenvalue weighted by Crippen LogP contribution is 2.25. The van der Waals surface area contributed by atoms with Crippen molar-refractivity contribution >= 4 is 28.5 Å². The zero-order valence-electron chi connectivity index (χ0n) is 10.6. The predicted molar refractivity (Wildman–Crippen MR) is 77.5 cm³/mol. The van der Waals surface area contributed by atoms with Gasteiger partial charge in [0, 0.05) is 6.07 Å². The number of aromatic amines is 1. The third-order valence-electron chi connectivity index (χ3n) is 3.10. The zero-order valence-corrected chi connectivity index (χ0v) is 11.4. The van der Waals surface area contributed by atoms with Crippen LogP contribution in [0.3, 0.4) is 0 Å². The fourth-order valence-electron chi connectivity index (χ4n) is 2.16. The number of oxazole rings is 1. The first-order chi connectivity index (χ1) is 9.88. The maximum atomic E-state index is 5.69. The molecule has 0 bridgehead atoms. The number of benzene rings is 1. The average Bonchev–Trinajstić information content (AvgIpc) is 3.07. The van der Waals surface area contributed by atoms with E-state index in [9.17, 15) is 0 Å². The Balaban J connectivity index is 1.57. The summed E-state index contributed by atoms with van der Waals surface area (Å²) < 4.78 is 7.77. The second-order valence-electron chi connectivity index (χ2n) is 4.51. The summed E-state index contributed by atoms with van der Waals surface area (Å²) in [5, 5.41) is 0.704. The normalized spacial score (nSPS) is 11.4. The highest BCUT2D eigenvalue weighted by atomic mass is 32.2. The SMILES string of the molecule is c1ccc2oc(SCc3c[n+]4ccccc4[nH]3)nc2c1. The Labute approximate surface area is 119 Å². The number of hydrogen-bond donors (Lipinski definition) is 1. The minimum absolute atomic E-state index is 0.704. The lowest BCUT2D eigenvalue weighted by Crippen LogP contribution is -2.16. The maximum Gasteiger partial charge on any atom is 0.284 e. The van der Waals surface area contributed by atoms with Crippen molar-refractivity contribution in [2.24, 2.45) is 0 Å². The lowest BCUT2D eigenvalue weighted by atomic mass is 10.3. The monoisotopic (exact) mass is 282 g/mol. The van der Waals surface area contributed by atoms with Crippen LogP contribution in [0.25, 0.3) is 16.7 Å². The molecular formula is C15H12N3OS+. The fraction of sp³-hybridized carbons (Fsp3) is 0.0667. The average molecular weight is 282 g/mol. The Morgan fingerprint density at radius 3 is 2.95 bits per heavy atom. The second-order valence-corrected chi connectivity index (χ2v) is 5.44. The molecule has 0 saturated carbocycles. The van der Waals surface area contributed by atoms with Gasteiger partial charge in [0.1, 0.15) is 11.7 Å². The van der Waals surface area contributed by atoms with Gasteiger partial charge in [0.2, 0.25) is 0 Å². The van der Waals surface area contributed by atoms with Crippen molar-refractivity contribution in [3.05, 3.63) is 60.6 Å². The van der Waals surface area contributed by atoms with Crippen molar-refractivity contribution in [2.45, 2.75) is 11.0 Å². The highest BCUT2D eigenvalue weighted by Gasteiger charge is 2.11. The molecule has 20 heavy (non-hydrogen) atoms. The van der Waals surface area contributed by atoms with Crippen LogP contribution in [0.2, 0.25) is 0 Å². The van der Waals surface area contributed by atoms with E-state index in [0.717, 1.165) is 28.2 Å². The van der Waals surface area contributed by atoms with Gasteiger partial charge in [0.15, 0.2) is 11.3 Å². The summed E-state index contributed by atoms with van der Waals surface area (Å²) in [6, 6.07) is 13.9. The number of fused-ring (bicyclic) bond motifs is 2. The number of nitrogens with zero attached hydrogens (tertiary/aromatic N) is 2. The molecule has 0 fully saturated rings. The lowest BCUT2D eigenvalue weighted by molar-refractivity contribution is -0.510. The van der Waals surface area contributed by atoms with Crippen LogP contribution in [0.4, 0.5) is 0 Å². The molecular weight excluding hydrogens is 270 g/mol. The predicted octanol–water partition coefficient (Wildman–Crippen LogP) is 3.19. The molecule has 0 amide bonds. The molecule has 4 nitrogen and oxygen atoms in total. The topological polar surface area (TPSA) is 45.9 Å². The summed E-state index contributed by atoms with van der Waals surface area (Å²) >= 11 is 1.59. The molecule has 0 unspecified atom stereocenters. The molecule has 4 aromatic rings. The number of rotatable bonds is 3. The van der Waals surface area contributed by atoms with Crippen molar-refractivity contribution < 1.29 is 8.82 Å². The maximum absolute atomic E-state index is 5.69. The van der Waals surface area contributed by atoms with Gasteiger partial charge >= 0.3 is 0 Å². The second kappa shape index (κ2) is 4.68. The first kappa shape index (κ1) is 11.5. The van der Waals surface area contributed by atoms with E-state index in [1.807, 2.05) is 48.7 Å². The quantitative estimate of drug-likeness (QED) is 0.463. The van der Waals surface area contributed by atoms with E-state index in [4.69, 9.17) is 4.42 Å². The van der Waals surface area contributed by atoms with Gasteiger partial charge in [-0.2, -0.15) is 0 Å². The van der Waals surface area contributed by atoms with Gasteiger partial charge in [-0.3, -0.25) is 0 Å². The number of para-hydroxylation sites is 2. The third kappa shape index (κ3) is 2.06. The van der Waals surface area contributed by atoms with E-state index in [1.54, 1.807) is 11.8 Å². The third-order valence-corrected chi connectivity index (χ3v) is 3.98. The Morgan fingerprint density at radius 2 is 2.05 bits per heavy atom. The van der Waals surface area contributed by atoms with Gasteiger partial charge in [-0.25, -0.2) is 14.4 Å². The standard InChI is InChI=1S/C15H11N3OS/c1-2-6-13-12(5-1)17-15(19-13)20-10-11-9-18-8-4-3-7-14(18)16-11/h1-9H,10H2/p+1. The Kier molecular flexibility index (Phi) is 2.70. The van der Waals surface area contributed by atoms with Crippen molar-refractivity contribution in [1.29, 1.82) is 0 Å². The Morgan fingerprint density at radius 1 is 1.15 bits per heavy atom. The molecule has 0 aliphatic carbocycles. The van der Waals surface area contributed by atoms with Gasteiger partial charge < -0.3 is 4.42 Å². The van der Waals surface area contributed by atoms with Crippen LogP contribution in [0, 0.1) is 0 Å². The number of imidazole rings is 1. The molecule has 98 valence electrons. The summed E-state index contributed by atoms with van der Waals surface area (Å²) in [7, 11) is 0. The number of nitrogens with one attached hydrogen (secondary N) is 1. The first-order valence-electron chi connectivity index (χ1n) is 6.35. The van der Waals surface area contributed by atoms with Gasteiger partial charge in [-0.1, -0.05) is 30.0 Å². The molecule has 0 aliphatic heterocycles. The molecule has 0 aliphatic rings. The van der Waals surface area contributed by atoms with Crippen molar-refractivity contribution in [1.82, 2.24) is 9.97 Å². The molecule has 0 spiro atoms. The van der Waals surface area contributed by atoms with Gasteiger partial charge in [0.25, 0.3) is 10.9 Å². The number of thioether (sulfide) groups is 1. The van der Waals surface area contributed by atoms with Crippen LogP contribution < -0.4 is 4.40 Å². The van der Waals surface area contributed by atoms with Crippen LogP contribution in [0.15, 0.2) is 64.5 Å².